The summed E-state index contributed by atoms with van der Waals surface area (Å²) in [7, 11) is 0. The predicted molar refractivity (Wildman–Crippen MR) is 69.0 cm³/mol. The van der Waals surface area contributed by atoms with Gasteiger partial charge in [0, 0.05) is 25.2 Å². The molecule has 0 spiro atoms. The van der Waals surface area contributed by atoms with E-state index in [0.29, 0.717) is 12.1 Å². The van der Waals surface area contributed by atoms with Crippen LogP contribution in [0.5, 0.6) is 0 Å². The van der Waals surface area contributed by atoms with Crippen molar-refractivity contribution in [2.75, 3.05) is 19.6 Å². The monoisotopic (exact) mass is 239 g/mol. The van der Waals surface area contributed by atoms with Crippen molar-refractivity contribution < 1.29 is 4.79 Å². The van der Waals surface area contributed by atoms with Crippen molar-refractivity contribution in [2.45, 2.75) is 51.6 Å². The van der Waals surface area contributed by atoms with E-state index in [1.54, 1.807) is 0 Å². The highest BCUT2D eigenvalue weighted by atomic mass is 16.2. The minimum atomic E-state index is 0.149. The van der Waals surface area contributed by atoms with Gasteiger partial charge in [0.15, 0.2) is 0 Å². The molecule has 2 aliphatic heterocycles. The van der Waals surface area contributed by atoms with Crippen LogP contribution in [-0.4, -0.2) is 42.6 Å². The Bertz CT molecular complexity index is 261. The summed E-state index contributed by atoms with van der Waals surface area (Å²) in [4.78, 5) is 14.1. The zero-order chi connectivity index (χ0) is 12.3. The lowest BCUT2D eigenvalue weighted by molar-refractivity contribution is 0.167. The SMILES string of the molecule is CC1CCN(C(=O)NC2CCNC(C)C2)CC1. The van der Waals surface area contributed by atoms with Gasteiger partial charge in [-0.2, -0.15) is 0 Å². The first-order chi connectivity index (χ1) is 8.15. The van der Waals surface area contributed by atoms with Crippen LogP contribution in [0.15, 0.2) is 0 Å². The van der Waals surface area contributed by atoms with Crippen molar-refractivity contribution >= 4 is 6.03 Å². The maximum atomic E-state index is 12.1. The molecule has 4 nitrogen and oxygen atoms in total. The van der Waals surface area contributed by atoms with Crippen LogP contribution in [0.25, 0.3) is 0 Å². The first-order valence-electron chi connectivity index (χ1n) is 6.94. The standard InChI is InChI=1S/C13H25N3O/c1-10-4-7-16(8-5-10)13(17)15-12-3-6-14-11(2)9-12/h10-12,14H,3-9H2,1-2H3,(H,15,17). The van der Waals surface area contributed by atoms with E-state index in [4.69, 9.17) is 0 Å². The van der Waals surface area contributed by atoms with E-state index in [0.717, 1.165) is 51.2 Å². The molecule has 2 atom stereocenters. The van der Waals surface area contributed by atoms with Gasteiger partial charge in [-0.15, -0.1) is 0 Å². The number of hydrogen-bond acceptors (Lipinski definition) is 2. The van der Waals surface area contributed by atoms with Gasteiger partial charge in [0.05, 0.1) is 0 Å². The Kier molecular flexibility index (Phi) is 4.26. The fourth-order valence-electron chi connectivity index (χ4n) is 2.74. The molecule has 0 aromatic carbocycles. The fourth-order valence-corrected chi connectivity index (χ4v) is 2.74. The number of likely N-dealkylation sites (tertiary alicyclic amines) is 1. The zero-order valence-electron chi connectivity index (χ0n) is 11.0. The Morgan fingerprint density at radius 2 is 1.94 bits per heavy atom. The van der Waals surface area contributed by atoms with E-state index in [2.05, 4.69) is 24.5 Å². The number of carbonyl (C=O) groups excluding carboxylic acids is 1. The quantitative estimate of drug-likeness (QED) is 0.729. The van der Waals surface area contributed by atoms with Gasteiger partial charge in [-0.25, -0.2) is 4.79 Å². The summed E-state index contributed by atoms with van der Waals surface area (Å²) in [6.07, 6.45) is 4.41. The third kappa shape index (κ3) is 3.60. The molecule has 2 saturated heterocycles. The second-order valence-corrected chi connectivity index (χ2v) is 5.70. The molecule has 98 valence electrons. The van der Waals surface area contributed by atoms with Crippen LogP contribution in [0.2, 0.25) is 0 Å². The second-order valence-electron chi connectivity index (χ2n) is 5.70. The van der Waals surface area contributed by atoms with Crippen LogP contribution in [0, 0.1) is 5.92 Å². The third-order valence-corrected chi connectivity index (χ3v) is 4.02. The smallest absolute Gasteiger partial charge is 0.317 e. The summed E-state index contributed by atoms with van der Waals surface area (Å²) < 4.78 is 0. The topological polar surface area (TPSA) is 44.4 Å². The van der Waals surface area contributed by atoms with E-state index in [-0.39, 0.29) is 6.03 Å². The molecule has 17 heavy (non-hydrogen) atoms. The number of rotatable bonds is 1. The van der Waals surface area contributed by atoms with Crippen molar-refractivity contribution in [1.82, 2.24) is 15.5 Å². The molecule has 0 aromatic heterocycles. The molecule has 2 rings (SSSR count). The Hall–Kier alpha value is -0.770. The van der Waals surface area contributed by atoms with Gasteiger partial charge in [0.2, 0.25) is 0 Å². The molecule has 2 unspecified atom stereocenters. The summed E-state index contributed by atoms with van der Waals surface area (Å²) in [6, 6.07) is 1.03. The van der Waals surface area contributed by atoms with Gasteiger partial charge >= 0.3 is 6.03 Å². The number of hydrogen-bond donors (Lipinski definition) is 2. The number of piperidine rings is 2. The Morgan fingerprint density at radius 3 is 2.59 bits per heavy atom. The highest BCUT2D eigenvalue weighted by Gasteiger charge is 2.24. The lowest BCUT2D eigenvalue weighted by Crippen LogP contribution is -2.51. The predicted octanol–water partition coefficient (Wildman–Crippen LogP) is 1.57. The van der Waals surface area contributed by atoms with Crippen molar-refractivity contribution in [1.29, 1.82) is 0 Å². The first kappa shape index (κ1) is 12.7. The van der Waals surface area contributed by atoms with Crippen LogP contribution in [0.4, 0.5) is 4.79 Å². The van der Waals surface area contributed by atoms with E-state index >= 15 is 0 Å². The molecular weight excluding hydrogens is 214 g/mol. The Labute approximate surface area is 104 Å². The van der Waals surface area contributed by atoms with Crippen LogP contribution in [-0.2, 0) is 0 Å². The summed E-state index contributed by atoms with van der Waals surface area (Å²) in [6.45, 7) is 7.31. The van der Waals surface area contributed by atoms with Gasteiger partial charge in [-0.1, -0.05) is 6.92 Å². The van der Waals surface area contributed by atoms with Gasteiger partial charge in [-0.3, -0.25) is 0 Å². The van der Waals surface area contributed by atoms with Crippen LogP contribution in [0.1, 0.15) is 39.5 Å². The van der Waals surface area contributed by atoms with E-state index in [1.165, 1.54) is 0 Å². The molecule has 2 N–H and O–H groups in total. The molecule has 2 fully saturated rings. The first-order valence-corrected chi connectivity index (χ1v) is 6.94. The van der Waals surface area contributed by atoms with Crippen LogP contribution in [0.3, 0.4) is 0 Å². The van der Waals surface area contributed by atoms with E-state index < -0.39 is 0 Å². The number of nitrogens with zero attached hydrogens (tertiary/aromatic N) is 1. The average molecular weight is 239 g/mol. The molecule has 0 bridgehead atoms. The Morgan fingerprint density at radius 1 is 1.24 bits per heavy atom. The summed E-state index contributed by atoms with van der Waals surface area (Å²) in [5.41, 5.74) is 0. The maximum absolute atomic E-state index is 12.1. The minimum absolute atomic E-state index is 0.149. The highest BCUT2D eigenvalue weighted by Crippen LogP contribution is 2.16. The Balaban J connectivity index is 1.76. The largest absolute Gasteiger partial charge is 0.335 e. The number of nitrogens with one attached hydrogen (secondary N) is 2. The van der Waals surface area contributed by atoms with Crippen molar-refractivity contribution in [3.8, 4) is 0 Å². The molecule has 4 heteroatoms. The molecule has 0 aliphatic carbocycles. The van der Waals surface area contributed by atoms with Crippen molar-refractivity contribution in [3.63, 3.8) is 0 Å². The number of carbonyl (C=O) groups is 1. The molecule has 2 amide bonds. The summed E-state index contributed by atoms with van der Waals surface area (Å²) in [5.74, 6) is 0.776. The number of amides is 2. The fraction of sp³-hybridized carbons (Fsp3) is 0.923. The molecule has 2 heterocycles. The van der Waals surface area contributed by atoms with E-state index in [1.807, 2.05) is 4.90 Å². The summed E-state index contributed by atoms with van der Waals surface area (Å²) >= 11 is 0. The van der Waals surface area contributed by atoms with Crippen molar-refractivity contribution in [2.24, 2.45) is 5.92 Å². The number of urea groups is 1. The lowest BCUT2D eigenvalue weighted by atomic mass is 9.99. The maximum Gasteiger partial charge on any atom is 0.317 e. The summed E-state index contributed by atoms with van der Waals surface area (Å²) in [5, 5.41) is 6.59. The molecule has 0 radical (unpaired) electrons. The van der Waals surface area contributed by atoms with Gasteiger partial charge in [-0.05, 0) is 45.1 Å². The highest BCUT2D eigenvalue weighted by molar-refractivity contribution is 5.74. The molecule has 0 saturated carbocycles. The zero-order valence-corrected chi connectivity index (χ0v) is 11.0. The van der Waals surface area contributed by atoms with Gasteiger partial charge in [0.1, 0.15) is 0 Å². The van der Waals surface area contributed by atoms with Crippen LogP contribution >= 0.6 is 0 Å². The molecular formula is C13H25N3O. The van der Waals surface area contributed by atoms with Gasteiger partial charge < -0.3 is 15.5 Å². The lowest BCUT2D eigenvalue weighted by Gasteiger charge is -2.34. The normalized spacial score (nSPS) is 31.3. The van der Waals surface area contributed by atoms with E-state index in [9.17, 15) is 4.79 Å². The molecule has 2 aliphatic rings. The average Bonchev–Trinajstić information content (AvgIpc) is 2.29. The molecule has 0 aromatic rings. The van der Waals surface area contributed by atoms with Gasteiger partial charge in [0.25, 0.3) is 0 Å². The van der Waals surface area contributed by atoms with Crippen LogP contribution < -0.4 is 10.6 Å². The third-order valence-electron chi connectivity index (χ3n) is 4.02. The second kappa shape index (κ2) is 5.71. The minimum Gasteiger partial charge on any atom is -0.335 e. The van der Waals surface area contributed by atoms with Crippen molar-refractivity contribution in [3.05, 3.63) is 0 Å².